The summed E-state index contributed by atoms with van der Waals surface area (Å²) in [5.74, 6) is 1.22. The second-order valence-corrected chi connectivity index (χ2v) is 5.01. The largest absolute Gasteiger partial charge is 0.457 e. The zero-order chi connectivity index (χ0) is 13.8. The molecule has 0 aliphatic heterocycles. The second-order valence-electron chi connectivity index (χ2n) is 3.68. The highest BCUT2D eigenvalue weighted by atomic mass is 79.9. The van der Waals surface area contributed by atoms with Gasteiger partial charge in [-0.1, -0.05) is 32.7 Å². The van der Waals surface area contributed by atoms with Gasteiger partial charge in [-0.05, 0) is 36.4 Å². The van der Waals surface area contributed by atoms with Gasteiger partial charge < -0.3 is 15.7 Å². The molecule has 0 saturated carbocycles. The van der Waals surface area contributed by atoms with E-state index >= 15 is 0 Å². The van der Waals surface area contributed by atoms with Gasteiger partial charge in [-0.15, -0.1) is 0 Å². The van der Waals surface area contributed by atoms with Crippen molar-refractivity contribution in [3.63, 3.8) is 0 Å². The van der Waals surface area contributed by atoms with Gasteiger partial charge in [0.1, 0.15) is 11.5 Å². The van der Waals surface area contributed by atoms with Crippen LogP contribution in [0.2, 0.25) is 5.02 Å². The molecule has 0 heterocycles. The van der Waals surface area contributed by atoms with E-state index in [9.17, 15) is 0 Å². The highest BCUT2D eigenvalue weighted by Crippen LogP contribution is 2.27. The van der Waals surface area contributed by atoms with E-state index < -0.39 is 0 Å². The number of rotatable bonds is 3. The first-order valence-electron chi connectivity index (χ1n) is 5.31. The van der Waals surface area contributed by atoms with Crippen LogP contribution in [0.3, 0.4) is 0 Å². The van der Waals surface area contributed by atoms with E-state index in [2.05, 4.69) is 21.1 Å². The molecule has 0 saturated heterocycles. The van der Waals surface area contributed by atoms with Gasteiger partial charge in [-0.25, -0.2) is 0 Å². The number of hydrogen-bond acceptors (Lipinski definition) is 3. The standard InChI is InChI=1S/C13H10BrClN2O2/c14-8-1-3-9(4-2-8)19-10-5-6-11(12(15)7-10)13(16)17-18/h1-7,18H,(H2,16,17). The van der Waals surface area contributed by atoms with Crippen molar-refractivity contribution < 1.29 is 9.94 Å². The predicted molar refractivity (Wildman–Crippen MR) is 78.2 cm³/mol. The molecule has 0 fully saturated rings. The molecule has 19 heavy (non-hydrogen) atoms. The van der Waals surface area contributed by atoms with Crippen molar-refractivity contribution in [2.24, 2.45) is 10.9 Å². The Morgan fingerprint density at radius 3 is 2.37 bits per heavy atom. The minimum absolute atomic E-state index is 0.0415. The molecule has 2 aromatic rings. The van der Waals surface area contributed by atoms with E-state index in [1.807, 2.05) is 24.3 Å². The fourth-order valence-corrected chi connectivity index (χ4v) is 1.99. The third-order valence-electron chi connectivity index (χ3n) is 2.37. The maximum atomic E-state index is 8.61. The summed E-state index contributed by atoms with van der Waals surface area (Å²) in [5.41, 5.74) is 5.94. The molecule has 0 aliphatic rings. The van der Waals surface area contributed by atoms with Crippen LogP contribution in [0.5, 0.6) is 11.5 Å². The average Bonchev–Trinajstić information content (AvgIpc) is 2.41. The molecular formula is C13H10BrClN2O2. The van der Waals surface area contributed by atoms with E-state index in [1.165, 1.54) is 0 Å². The van der Waals surface area contributed by atoms with Crippen LogP contribution in [0.25, 0.3) is 0 Å². The van der Waals surface area contributed by atoms with Crippen LogP contribution in [0.15, 0.2) is 52.1 Å². The maximum absolute atomic E-state index is 8.61. The van der Waals surface area contributed by atoms with Gasteiger partial charge in [0.05, 0.1) is 5.02 Å². The Kier molecular flexibility index (Phi) is 4.29. The fraction of sp³-hybridized carbons (Fsp3) is 0. The third kappa shape index (κ3) is 3.39. The molecule has 0 bridgehead atoms. The van der Waals surface area contributed by atoms with E-state index in [-0.39, 0.29) is 5.84 Å². The first-order valence-corrected chi connectivity index (χ1v) is 6.48. The maximum Gasteiger partial charge on any atom is 0.171 e. The van der Waals surface area contributed by atoms with Crippen molar-refractivity contribution >= 4 is 33.4 Å². The number of halogens is 2. The molecule has 6 heteroatoms. The van der Waals surface area contributed by atoms with Crippen molar-refractivity contribution in [1.82, 2.24) is 0 Å². The molecule has 0 atom stereocenters. The quantitative estimate of drug-likeness (QED) is 0.384. The molecule has 2 aromatic carbocycles. The number of hydrogen-bond donors (Lipinski definition) is 2. The third-order valence-corrected chi connectivity index (χ3v) is 3.21. The molecular weight excluding hydrogens is 332 g/mol. The van der Waals surface area contributed by atoms with Crippen LogP contribution in [-0.2, 0) is 0 Å². The molecule has 0 amide bonds. The number of benzene rings is 2. The van der Waals surface area contributed by atoms with Crippen molar-refractivity contribution in [2.75, 3.05) is 0 Å². The summed E-state index contributed by atoms with van der Waals surface area (Å²) in [4.78, 5) is 0. The SMILES string of the molecule is NC(=NO)c1ccc(Oc2ccc(Br)cc2)cc1Cl. The van der Waals surface area contributed by atoms with Crippen molar-refractivity contribution in [3.05, 3.63) is 57.5 Å². The van der Waals surface area contributed by atoms with Crippen molar-refractivity contribution in [1.29, 1.82) is 0 Å². The highest BCUT2D eigenvalue weighted by molar-refractivity contribution is 9.10. The topological polar surface area (TPSA) is 67.8 Å². The number of nitrogens with zero attached hydrogens (tertiary/aromatic N) is 1. The Hall–Kier alpha value is -1.72. The van der Waals surface area contributed by atoms with Crippen LogP contribution in [0.4, 0.5) is 0 Å². The minimum Gasteiger partial charge on any atom is -0.457 e. The lowest BCUT2D eigenvalue weighted by molar-refractivity contribution is 0.318. The van der Waals surface area contributed by atoms with Crippen LogP contribution >= 0.6 is 27.5 Å². The van der Waals surface area contributed by atoms with Gasteiger partial charge in [-0.2, -0.15) is 0 Å². The first-order chi connectivity index (χ1) is 9.10. The van der Waals surface area contributed by atoms with Gasteiger partial charge >= 0.3 is 0 Å². The molecule has 0 aromatic heterocycles. The van der Waals surface area contributed by atoms with E-state index in [4.69, 9.17) is 27.3 Å². The van der Waals surface area contributed by atoms with E-state index in [0.717, 1.165) is 4.47 Å². The summed E-state index contributed by atoms with van der Waals surface area (Å²) >= 11 is 9.38. The molecule has 98 valence electrons. The second kappa shape index (κ2) is 5.95. The van der Waals surface area contributed by atoms with Crippen molar-refractivity contribution in [2.45, 2.75) is 0 Å². The van der Waals surface area contributed by atoms with Gasteiger partial charge in [0.25, 0.3) is 0 Å². The van der Waals surface area contributed by atoms with Crippen LogP contribution in [0.1, 0.15) is 5.56 Å². The molecule has 0 aliphatic carbocycles. The lowest BCUT2D eigenvalue weighted by Gasteiger charge is -2.08. The number of nitrogens with two attached hydrogens (primary N) is 1. The van der Waals surface area contributed by atoms with Gasteiger partial charge in [0, 0.05) is 16.1 Å². The number of ether oxygens (including phenoxy) is 1. The molecule has 4 nitrogen and oxygen atoms in total. The fourth-order valence-electron chi connectivity index (χ4n) is 1.46. The monoisotopic (exact) mass is 340 g/mol. The molecule has 0 unspecified atom stereocenters. The van der Waals surface area contributed by atoms with E-state index in [1.54, 1.807) is 18.2 Å². The Morgan fingerprint density at radius 2 is 1.79 bits per heavy atom. The Labute approximate surface area is 123 Å². The lowest BCUT2D eigenvalue weighted by atomic mass is 10.2. The van der Waals surface area contributed by atoms with Crippen LogP contribution < -0.4 is 10.5 Å². The molecule has 2 rings (SSSR count). The Balaban J connectivity index is 2.23. The summed E-state index contributed by atoms with van der Waals surface area (Å²) in [5, 5.41) is 11.9. The Bertz CT molecular complexity index is 615. The lowest BCUT2D eigenvalue weighted by Crippen LogP contribution is -2.13. The summed E-state index contributed by atoms with van der Waals surface area (Å²) in [7, 11) is 0. The van der Waals surface area contributed by atoms with Gasteiger partial charge in [0.2, 0.25) is 0 Å². The summed E-state index contributed by atoms with van der Waals surface area (Å²) < 4.78 is 6.61. The summed E-state index contributed by atoms with van der Waals surface area (Å²) in [6, 6.07) is 12.3. The van der Waals surface area contributed by atoms with Gasteiger partial charge in [-0.3, -0.25) is 0 Å². The first kappa shape index (κ1) is 13.7. The number of oxime groups is 1. The van der Waals surface area contributed by atoms with Crippen LogP contribution in [0, 0.1) is 0 Å². The normalized spacial score (nSPS) is 11.4. The molecule has 3 N–H and O–H groups in total. The van der Waals surface area contributed by atoms with Gasteiger partial charge in [0.15, 0.2) is 5.84 Å². The molecule has 0 radical (unpaired) electrons. The van der Waals surface area contributed by atoms with E-state index in [0.29, 0.717) is 22.1 Å². The van der Waals surface area contributed by atoms with Crippen molar-refractivity contribution in [3.8, 4) is 11.5 Å². The molecule has 0 spiro atoms. The average molecular weight is 342 g/mol. The number of amidine groups is 1. The highest BCUT2D eigenvalue weighted by Gasteiger charge is 2.07. The summed E-state index contributed by atoms with van der Waals surface area (Å²) in [6.45, 7) is 0. The summed E-state index contributed by atoms with van der Waals surface area (Å²) in [6.07, 6.45) is 0. The smallest absolute Gasteiger partial charge is 0.171 e. The Morgan fingerprint density at radius 1 is 1.16 bits per heavy atom. The van der Waals surface area contributed by atoms with Crippen LogP contribution in [-0.4, -0.2) is 11.0 Å². The predicted octanol–water partition coefficient (Wildman–Crippen LogP) is 3.99. The zero-order valence-corrected chi connectivity index (χ0v) is 12.0. The minimum atomic E-state index is -0.0415. The zero-order valence-electron chi connectivity index (χ0n) is 9.68.